The largest absolute Gasteiger partial charge is 0.381 e. The van der Waals surface area contributed by atoms with Crippen LogP contribution in [0.2, 0.25) is 0 Å². The van der Waals surface area contributed by atoms with E-state index in [1.54, 1.807) is 4.90 Å². The molecule has 1 N–H and O–H groups in total. The molecule has 4 rings (SSSR count). The maximum absolute atomic E-state index is 13.0. The molecule has 7 heteroatoms. The number of hydrogen-bond acceptors (Lipinski definition) is 4. The van der Waals surface area contributed by atoms with Crippen LogP contribution in [0.4, 0.5) is 5.69 Å². The van der Waals surface area contributed by atoms with Gasteiger partial charge >= 0.3 is 0 Å². The monoisotopic (exact) mass is 410 g/mol. The zero-order valence-electron chi connectivity index (χ0n) is 17.8. The number of ether oxygens (including phenoxy) is 1. The summed E-state index contributed by atoms with van der Waals surface area (Å²) in [6, 6.07) is 9.29. The van der Waals surface area contributed by atoms with Crippen LogP contribution in [0.1, 0.15) is 43.5 Å². The normalized spacial score (nSPS) is 20.2. The Balaban J connectivity index is 1.43. The Hall–Kier alpha value is -2.67. The van der Waals surface area contributed by atoms with Crippen molar-refractivity contribution in [3.05, 3.63) is 41.7 Å². The van der Waals surface area contributed by atoms with Crippen molar-refractivity contribution in [3.8, 4) is 5.69 Å². The molecule has 0 saturated carbocycles. The molecule has 0 radical (unpaired) electrons. The van der Waals surface area contributed by atoms with Crippen LogP contribution < -0.4 is 5.32 Å². The molecule has 0 aliphatic carbocycles. The molecule has 2 amide bonds. The summed E-state index contributed by atoms with van der Waals surface area (Å²) in [6.45, 7) is 5.90. The van der Waals surface area contributed by atoms with Crippen LogP contribution in [0.3, 0.4) is 0 Å². The number of aryl methyl sites for hydroxylation is 2. The number of benzene rings is 1. The first-order chi connectivity index (χ1) is 14.5. The highest BCUT2D eigenvalue weighted by molar-refractivity contribution is 5.97. The molecule has 0 bridgehead atoms. The highest BCUT2D eigenvalue weighted by atomic mass is 16.5. The van der Waals surface area contributed by atoms with E-state index in [0.717, 1.165) is 48.4 Å². The van der Waals surface area contributed by atoms with Gasteiger partial charge in [-0.15, -0.1) is 0 Å². The Morgan fingerprint density at radius 1 is 1.07 bits per heavy atom. The van der Waals surface area contributed by atoms with Gasteiger partial charge in [0.1, 0.15) is 6.04 Å². The molecule has 30 heavy (non-hydrogen) atoms. The lowest BCUT2D eigenvalue weighted by atomic mass is 9.94. The van der Waals surface area contributed by atoms with E-state index in [2.05, 4.69) is 10.4 Å². The van der Waals surface area contributed by atoms with E-state index < -0.39 is 6.04 Å². The van der Waals surface area contributed by atoms with Crippen molar-refractivity contribution in [1.82, 2.24) is 14.7 Å². The lowest BCUT2D eigenvalue weighted by Crippen LogP contribution is -2.52. The maximum Gasteiger partial charge on any atom is 0.247 e. The number of anilines is 1. The third-order valence-electron chi connectivity index (χ3n) is 6.05. The molecule has 2 aliphatic heterocycles. The lowest BCUT2D eigenvalue weighted by molar-refractivity contribution is -0.146. The van der Waals surface area contributed by atoms with Crippen LogP contribution in [0.25, 0.3) is 5.69 Å². The Labute approximate surface area is 177 Å². The summed E-state index contributed by atoms with van der Waals surface area (Å²) in [5.74, 6) is -0.0146. The summed E-state index contributed by atoms with van der Waals surface area (Å²) >= 11 is 0. The van der Waals surface area contributed by atoms with Crippen LogP contribution in [-0.4, -0.2) is 52.3 Å². The molecular formula is C23H30N4O3. The van der Waals surface area contributed by atoms with Crippen molar-refractivity contribution in [3.63, 3.8) is 0 Å². The van der Waals surface area contributed by atoms with Gasteiger partial charge in [0.25, 0.3) is 0 Å². The van der Waals surface area contributed by atoms with Gasteiger partial charge in [-0.1, -0.05) is 0 Å². The van der Waals surface area contributed by atoms with Crippen molar-refractivity contribution < 1.29 is 14.3 Å². The Bertz CT molecular complexity index is 900. The van der Waals surface area contributed by atoms with Crippen molar-refractivity contribution in [2.45, 2.75) is 52.0 Å². The fourth-order valence-corrected chi connectivity index (χ4v) is 4.45. The van der Waals surface area contributed by atoms with E-state index in [1.165, 1.54) is 0 Å². The fraction of sp³-hybridized carbons (Fsp3) is 0.522. The van der Waals surface area contributed by atoms with Crippen molar-refractivity contribution in [1.29, 1.82) is 0 Å². The van der Waals surface area contributed by atoms with Crippen LogP contribution in [-0.2, 0) is 14.3 Å². The third kappa shape index (κ3) is 4.41. The highest BCUT2D eigenvalue weighted by Gasteiger charge is 2.35. The van der Waals surface area contributed by atoms with Gasteiger partial charge in [0.2, 0.25) is 11.8 Å². The first-order valence-corrected chi connectivity index (χ1v) is 10.9. The van der Waals surface area contributed by atoms with Gasteiger partial charge in [0, 0.05) is 37.1 Å². The Morgan fingerprint density at radius 2 is 1.80 bits per heavy atom. The number of carbonyl (C=O) groups is 2. The van der Waals surface area contributed by atoms with Crippen molar-refractivity contribution in [2.24, 2.45) is 5.92 Å². The number of piperidine rings is 1. The number of carbonyl (C=O) groups excluding carboxylic acids is 2. The zero-order valence-corrected chi connectivity index (χ0v) is 17.8. The summed E-state index contributed by atoms with van der Waals surface area (Å²) < 4.78 is 7.27. The molecule has 2 fully saturated rings. The second-order valence-corrected chi connectivity index (χ2v) is 8.30. The molecule has 1 aromatic heterocycles. The van der Waals surface area contributed by atoms with E-state index in [0.29, 0.717) is 26.2 Å². The fourth-order valence-electron chi connectivity index (χ4n) is 4.45. The van der Waals surface area contributed by atoms with E-state index in [4.69, 9.17) is 4.74 Å². The minimum Gasteiger partial charge on any atom is -0.381 e. The molecule has 3 heterocycles. The summed E-state index contributed by atoms with van der Waals surface area (Å²) in [4.78, 5) is 27.9. The quantitative estimate of drug-likeness (QED) is 0.840. The average Bonchev–Trinajstić information content (AvgIpc) is 3.12. The topological polar surface area (TPSA) is 76.5 Å². The summed E-state index contributed by atoms with van der Waals surface area (Å²) in [6.07, 6.45) is 4.13. The SMILES string of the molecule is Cc1cc(C)n(-c2ccc(NC(=O)C3CCCCN3C(=O)C3CCOCC3)cc2)n1. The maximum atomic E-state index is 13.0. The number of rotatable bonds is 4. The van der Waals surface area contributed by atoms with Gasteiger partial charge in [-0.05, 0) is 76.3 Å². The minimum atomic E-state index is -0.398. The zero-order chi connectivity index (χ0) is 21.1. The molecule has 2 saturated heterocycles. The van der Waals surface area contributed by atoms with Gasteiger partial charge in [-0.25, -0.2) is 4.68 Å². The van der Waals surface area contributed by atoms with Crippen LogP contribution in [0.15, 0.2) is 30.3 Å². The van der Waals surface area contributed by atoms with Crippen LogP contribution in [0.5, 0.6) is 0 Å². The molecule has 1 unspecified atom stereocenters. The summed E-state index contributed by atoms with van der Waals surface area (Å²) in [5, 5.41) is 7.51. The Morgan fingerprint density at radius 3 is 2.47 bits per heavy atom. The van der Waals surface area contributed by atoms with Gasteiger partial charge in [-0.3, -0.25) is 9.59 Å². The average molecular weight is 411 g/mol. The standard InChI is InChI=1S/C23H30N4O3/c1-16-15-17(2)27(25-16)20-8-6-19(7-9-20)24-22(28)21-5-3-4-12-26(21)23(29)18-10-13-30-14-11-18/h6-9,15,18,21H,3-5,10-14H2,1-2H3,(H,24,28). The summed E-state index contributed by atoms with van der Waals surface area (Å²) in [7, 11) is 0. The number of hydrogen-bond donors (Lipinski definition) is 1. The van der Waals surface area contributed by atoms with E-state index in [1.807, 2.05) is 48.9 Å². The second-order valence-electron chi connectivity index (χ2n) is 8.30. The molecule has 1 aromatic carbocycles. The van der Waals surface area contributed by atoms with Crippen LogP contribution >= 0.6 is 0 Å². The number of aromatic nitrogens is 2. The number of nitrogens with one attached hydrogen (secondary N) is 1. The first-order valence-electron chi connectivity index (χ1n) is 10.9. The number of nitrogens with zero attached hydrogens (tertiary/aromatic N) is 3. The minimum absolute atomic E-state index is 0.0211. The molecule has 160 valence electrons. The predicted octanol–water partition coefficient (Wildman–Crippen LogP) is 3.24. The van der Waals surface area contributed by atoms with Crippen LogP contribution in [0, 0.1) is 19.8 Å². The van der Waals surface area contributed by atoms with E-state index >= 15 is 0 Å². The van der Waals surface area contributed by atoms with E-state index in [-0.39, 0.29) is 17.7 Å². The number of amides is 2. The Kier molecular flexibility index (Phi) is 6.18. The second kappa shape index (κ2) is 9.00. The first kappa shape index (κ1) is 20.6. The van der Waals surface area contributed by atoms with E-state index in [9.17, 15) is 9.59 Å². The van der Waals surface area contributed by atoms with Crippen molar-refractivity contribution >= 4 is 17.5 Å². The van der Waals surface area contributed by atoms with Crippen molar-refractivity contribution in [2.75, 3.05) is 25.1 Å². The molecule has 0 spiro atoms. The lowest BCUT2D eigenvalue weighted by Gasteiger charge is -2.37. The van der Waals surface area contributed by atoms with Gasteiger partial charge in [0.15, 0.2) is 0 Å². The molecule has 1 atom stereocenters. The molecule has 7 nitrogen and oxygen atoms in total. The predicted molar refractivity (Wildman–Crippen MR) is 115 cm³/mol. The smallest absolute Gasteiger partial charge is 0.247 e. The van der Waals surface area contributed by atoms with Gasteiger partial charge in [0.05, 0.1) is 11.4 Å². The number of likely N-dealkylation sites (tertiary alicyclic amines) is 1. The molecule has 2 aromatic rings. The summed E-state index contributed by atoms with van der Waals surface area (Å²) in [5.41, 5.74) is 3.71. The molecular weight excluding hydrogens is 380 g/mol. The third-order valence-corrected chi connectivity index (χ3v) is 6.05. The molecule has 2 aliphatic rings. The van der Waals surface area contributed by atoms with Gasteiger partial charge < -0.3 is 15.0 Å². The highest BCUT2D eigenvalue weighted by Crippen LogP contribution is 2.25. The van der Waals surface area contributed by atoms with Gasteiger partial charge in [-0.2, -0.15) is 5.10 Å².